The van der Waals surface area contributed by atoms with E-state index in [1.54, 1.807) is 55.4 Å². The topological polar surface area (TPSA) is 479 Å². The third-order valence-electron chi connectivity index (χ3n) is 14.8. The third kappa shape index (κ3) is 22.3. The van der Waals surface area contributed by atoms with Gasteiger partial charge in [-0.25, -0.2) is 14.8 Å². The molecule has 0 spiro atoms. The average molecular weight is 1220 g/mol. The van der Waals surface area contributed by atoms with Crippen LogP contribution in [0.15, 0.2) is 25.0 Å². The second kappa shape index (κ2) is 35.1. The van der Waals surface area contributed by atoms with Gasteiger partial charge in [0, 0.05) is 36.6 Å². The largest absolute Gasteiger partial charge is 0.480 e. The van der Waals surface area contributed by atoms with Crippen LogP contribution in [-0.4, -0.2) is 208 Å². The van der Waals surface area contributed by atoms with Crippen LogP contribution in [-0.2, 0) is 65.6 Å². The second-order valence-electron chi connectivity index (χ2n) is 22.8. The van der Waals surface area contributed by atoms with Crippen molar-refractivity contribution in [1.82, 2.24) is 78.4 Å². The molecule has 1 saturated heterocycles. The Kier molecular flexibility index (Phi) is 29.7. The summed E-state index contributed by atoms with van der Waals surface area (Å²) in [6.07, 6.45) is 1.89. The molecule has 0 radical (unpaired) electrons. The zero-order valence-electron chi connectivity index (χ0n) is 50.7. The molecule has 2 aromatic rings. The van der Waals surface area contributed by atoms with Gasteiger partial charge < -0.3 is 94.0 Å². The second-order valence-corrected chi connectivity index (χ2v) is 22.8. The molecule has 482 valence electrons. The summed E-state index contributed by atoms with van der Waals surface area (Å²) in [7, 11) is 0. The third-order valence-corrected chi connectivity index (χ3v) is 14.8. The van der Waals surface area contributed by atoms with Crippen molar-refractivity contribution < 1.29 is 78.3 Å². The number of carboxylic acid groups (broad SMARTS) is 1. The number of carbonyl (C=O) groups is 11. The van der Waals surface area contributed by atoms with E-state index < -0.39 is 174 Å². The van der Waals surface area contributed by atoms with Gasteiger partial charge >= 0.3 is 5.97 Å². The normalized spacial score (nSPS) is 18.5. The smallest absolute Gasteiger partial charge is 0.326 e. The zero-order valence-corrected chi connectivity index (χ0v) is 50.7. The molecule has 3 heterocycles. The highest BCUT2D eigenvalue weighted by molar-refractivity contribution is 5.99. The Morgan fingerprint density at radius 3 is 1.26 bits per heavy atom. The molecule has 10 amide bonds. The first kappa shape index (κ1) is 72.6. The molecule has 3 rings (SSSR count). The van der Waals surface area contributed by atoms with Gasteiger partial charge in [-0.15, -0.1) is 0 Å². The van der Waals surface area contributed by atoms with Crippen molar-refractivity contribution in [3.05, 3.63) is 36.4 Å². The predicted octanol–water partition coefficient (Wildman–Crippen LogP) is -4.47. The van der Waals surface area contributed by atoms with Crippen molar-refractivity contribution in [2.24, 2.45) is 23.7 Å². The Hall–Kier alpha value is -7.61. The van der Waals surface area contributed by atoms with Gasteiger partial charge in [0.25, 0.3) is 0 Å². The molecule has 0 saturated carbocycles. The molecule has 0 bridgehead atoms. The van der Waals surface area contributed by atoms with Crippen LogP contribution in [0, 0.1) is 23.7 Å². The number of hydrogen-bond acceptors (Lipinski definition) is 18. The number of nitrogens with one attached hydrogen (secondary N) is 13. The van der Waals surface area contributed by atoms with E-state index in [1.165, 1.54) is 45.8 Å². The molecule has 1 fully saturated rings. The lowest BCUT2D eigenvalue weighted by atomic mass is 9.95. The summed E-state index contributed by atoms with van der Waals surface area (Å²) in [5.74, 6) is -12.8. The lowest BCUT2D eigenvalue weighted by molar-refractivity contribution is -0.144. The molecule has 1 aliphatic rings. The first-order chi connectivity index (χ1) is 40.4. The summed E-state index contributed by atoms with van der Waals surface area (Å²) >= 11 is 0. The van der Waals surface area contributed by atoms with Gasteiger partial charge in [0.1, 0.15) is 60.4 Å². The molecular weight excluding hydrogens is 1130 g/mol. The fourth-order valence-electron chi connectivity index (χ4n) is 9.15. The molecule has 31 nitrogen and oxygen atoms in total. The summed E-state index contributed by atoms with van der Waals surface area (Å²) in [6.45, 7) is 16.7. The van der Waals surface area contributed by atoms with Gasteiger partial charge in [-0.1, -0.05) is 68.2 Å². The molecule has 31 heteroatoms. The first-order valence-electron chi connectivity index (χ1n) is 29.0. The van der Waals surface area contributed by atoms with Crippen LogP contribution in [0.2, 0.25) is 0 Å². The number of rotatable bonds is 36. The molecule has 86 heavy (non-hydrogen) atoms. The van der Waals surface area contributed by atoms with Crippen LogP contribution in [0.3, 0.4) is 0 Å². The number of aliphatic carboxylic acids is 1. The molecular formula is C55H91N15O16. The van der Waals surface area contributed by atoms with Crippen LogP contribution in [0.4, 0.5) is 0 Å². The van der Waals surface area contributed by atoms with Crippen LogP contribution in [0.1, 0.15) is 120 Å². The highest BCUT2D eigenvalue weighted by atomic mass is 16.4. The fourth-order valence-corrected chi connectivity index (χ4v) is 9.15. The molecule has 1 aliphatic heterocycles. The van der Waals surface area contributed by atoms with Crippen molar-refractivity contribution in [3.63, 3.8) is 0 Å². The van der Waals surface area contributed by atoms with E-state index in [4.69, 9.17) is 0 Å². The Bertz CT molecular complexity index is 2560. The van der Waals surface area contributed by atoms with Crippen molar-refractivity contribution in [1.29, 1.82) is 0 Å². The monoisotopic (exact) mass is 1220 g/mol. The van der Waals surface area contributed by atoms with E-state index >= 15 is 0 Å². The van der Waals surface area contributed by atoms with Crippen LogP contribution in [0.25, 0.3) is 0 Å². The fraction of sp³-hybridized carbons (Fsp3) is 0.691. The SMILES string of the molecule is CCC(C)C(NC(=O)C(NC(=O)C(Cc1cnc[nH]1)NC(=O)C(NC(=O)C(NC(=O)C(CC(C)C)NC(=O)C(NC(=O)C(Cc1cnc[nH]1)NC(=O)C(NC(=O)C(CO)NC(=O)C1CCCN1)C(C)O)C(C)C)C(C)CC)C(C)O)C(C)O)C(=O)O. The maximum absolute atomic E-state index is 14.4. The van der Waals surface area contributed by atoms with Crippen molar-refractivity contribution >= 4 is 65.0 Å². The van der Waals surface area contributed by atoms with Gasteiger partial charge in [-0.3, -0.25) is 47.9 Å². The molecule has 16 atom stereocenters. The Morgan fingerprint density at radius 2 is 0.872 bits per heavy atom. The van der Waals surface area contributed by atoms with E-state index in [2.05, 4.69) is 78.4 Å². The Labute approximate surface area is 499 Å². The average Bonchev–Trinajstić information content (AvgIpc) is 4.13. The summed E-state index contributed by atoms with van der Waals surface area (Å²) in [5.41, 5.74) is 0.665. The maximum Gasteiger partial charge on any atom is 0.326 e. The maximum atomic E-state index is 14.4. The molecule has 2 aromatic heterocycles. The number of aromatic nitrogens is 4. The number of H-pyrrole nitrogens is 2. The number of aliphatic hydroxyl groups is 4. The zero-order chi connectivity index (χ0) is 64.7. The lowest BCUT2D eigenvalue weighted by Crippen LogP contribution is -2.64. The Morgan fingerprint density at radius 1 is 0.500 bits per heavy atom. The molecule has 0 aliphatic carbocycles. The summed E-state index contributed by atoms with van der Waals surface area (Å²) < 4.78 is 0. The van der Waals surface area contributed by atoms with E-state index in [0.29, 0.717) is 30.8 Å². The van der Waals surface area contributed by atoms with Crippen LogP contribution >= 0.6 is 0 Å². The number of nitrogens with zero attached hydrogens (tertiary/aromatic N) is 2. The van der Waals surface area contributed by atoms with E-state index in [0.717, 1.165) is 6.42 Å². The summed E-state index contributed by atoms with van der Waals surface area (Å²) in [4.78, 5) is 164. The number of aliphatic hydroxyl groups excluding tert-OH is 4. The number of carboxylic acids is 1. The van der Waals surface area contributed by atoms with E-state index in [9.17, 15) is 78.3 Å². The van der Waals surface area contributed by atoms with Gasteiger partial charge in [0.05, 0.1) is 43.6 Å². The van der Waals surface area contributed by atoms with E-state index in [1.807, 2.05) is 0 Å². The van der Waals surface area contributed by atoms with Crippen molar-refractivity contribution in [3.8, 4) is 0 Å². The number of aromatic amines is 2. The Balaban J connectivity index is 1.85. The van der Waals surface area contributed by atoms with Gasteiger partial charge in [0.2, 0.25) is 59.1 Å². The van der Waals surface area contributed by atoms with Gasteiger partial charge in [-0.05, 0) is 70.3 Å². The highest BCUT2D eigenvalue weighted by Gasteiger charge is 2.40. The molecule has 0 aromatic carbocycles. The van der Waals surface area contributed by atoms with Crippen LogP contribution < -0.4 is 58.5 Å². The van der Waals surface area contributed by atoms with Gasteiger partial charge in [0.15, 0.2) is 0 Å². The number of amides is 10. The van der Waals surface area contributed by atoms with E-state index in [-0.39, 0.29) is 31.6 Å². The number of hydrogen-bond donors (Lipinski definition) is 18. The summed E-state index contributed by atoms with van der Waals surface area (Å²) in [5, 5.41) is 79.9. The number of imidazole rings is 2. The minimum atomic E-state index is -1.79. The lowest BCUT2D eigenvalue weighted by Gasteiger charge is -2.31. The standard InChI is InChI=1S/C55H91N15O16/c1-12-27(7)40(51(81)70-43(30(10)73)53(83)63-37(19-33-21-57-24-60-33)48(78)68-44(31(11)74)54(84)67-41(55(85)86)28(8)13-2)66-46(76)35(17-25(3)4)61-50(80)39(26(5)6)65-47(77)36(18-32-20-56-23-59-32)62-52(82)42(29(9)72)69-49(79)38(22-71)64-45(75)34-15-14-16-58-34/h20-21,23-31,34-44,58,71-74H,12-19,22H2,1-11H3,(H,56,59)(H,57,60)(H,61,80)(H,62,82)(H,63,83)(H,64,75)(H,65,77)(H,66,76)(H,67,84)(H,68,78)(H,69,79)(H,70,81)(H,85,86). The highest BCUT2D eigenvalue weighted by Crippen LogP contribution is 2.15. The van der Waals surface area contributed by atoms with Crippen molar-refractivity contribution in [2.45, 2.75) is 206 Å². The van der Waals surface area contributed by atoms with Crippen LogP contribution in [0.5, 0.6) is 0 Å². The van der Waals surface area contributed by atoms with Crippen molar-refractivity contribution in [2.75, 3.05) is 13.2 Å². The quantitative estimate of drug-likeness (QED) is 0.0306. The minimum Gasteiger partial charge on any atom is -0.480 e. The molecule has 16 unspecified atom stereocenters. The first-order valence-corrected chi connectivity index (χ1v) is 29.0. The molecule has 18 N–H and O–H groups in total. The number of carbonyl (C=O) groups excluding carboxylic acids is 10. The summed E-state index contributed by atoms with van der Waals surface area (Å²) in [6, 6.07) is -15.9. The predicted molar refractivity (Wildman–Crippen MR) is 308 cm³/mol. The minimum absolute atomic E-state index is 0.00248. The van der Waals surface area contributed by atoms with Gasteiger partial charge in [-0.2, -0.15) is 0 Å².